The fourth-order valence-electron chi connectivity index (χ4n) is 2.06. The summed E-state index contributed by atoms with van der Waals surface area (Å²) < 4.78 is 5.06. The van der Waals surface area contributed by atoms with Crippen LogP contribution in [0.2, 0.25) is 0 Å². The van der Waals surface area contributed by atoms with Crippen molar-refractivity contribution in [1.82, 2.24) is 5.32 Å². The largest absolute Gasteiger partial charge is 0.467 e. The maximum absolute atomic E-state index is 11.8. The fourth-order valence-corrected chi connectivity index (χ4v) is 2.06. The van der Waals surface area contributed by atoms with Crippen LogP contribution in [-0.2, 0) is 9.59 Å². The molecule has 7 heteroatoms. The number of hydrogen-bond donors (Lipinski definition) is 3. The molecule has 0 bridgehead atoms. The van der Waals surface area contributed by atoms with Gasteiger partial charge in [-0.1, -0.05) is 0 Å². The summed E-state index contributed by atoms with van der Waals surface area (Å²) in [6.07, 6.45) is 0.901. The van der Waals surface area contributed by atoms with Crippen molar-refractivity contribution in [2.45, 2.75) is 12.5 Å². The molecule has 0 saturated carbocycles. The lowest BCUT2D eigenvalue weighted by Crippen LogP contribution is -2.36. The summed E-state index contributed by atoms with van der Waals surface area (Å²) in [5.41, 5.74) is 1.53. The van der Waals surface area contributed by atoms with Crippen LogP contribution in [-0.4, -0.2) is 37.6 Å². The second-order valence-corrected chi connectivity index (χ2v) is 5.47. The van der Waals surface area contributed by atoms with Gasteiger partial charge in [0.05, 0.1) is 6.26 Å². The van der Waals surface area contributed by atoms with Crippen LogP contribution in [0, 0.1) is 0 Å². The molecule has 2 rings (SSSR count). The minimum atomic E-state index is -0.818. The molecule has 1 heterocycles. The first-order valence-electron chi connectivity index (χ1n) is 7.55. The van der Waals surface area contributed by atoms with Crippen molar-refractivity contribution in [2.24, 2.45) is 0 Å². The molecule has 0 aliphatic carbocycles. The van der Waals surface area contributed by atoms with Crippen LogP contribution >= 0.6 is 0 Å². The summed E-state index contributed by atoms with van der Waals surface area (Å²) in [6, 6.07) is 10.4. The molecule has 128 valence electrons. The van der Waals surface area contributed by atoms with Gasteiger partial charge in [-0.05, 0) is 42.8 Å². The molecule has 1 atom stereocenters. The van der Waals surface area contributed by atoms with E-state index in [2.05, 4.69) is 10.6 Å². The minimum Gasteiger partial charge on any atom is -0.467 e. The number of hydrogen-bond acceptors (Lipinski definition) is 5. The van der Waals surface area contributed by atoms with Crippen LogP contribution in [0.3, 0.4) is 0 Å². The Hall–Kier alpha value is -2.80. The predicted octanol–water partition coefficient (Wildman–Crippen LogP) is 1.52. The van der Waals surface area contributed by atoms with Crippen molar-refractivity contribution in [3.63, 3.8) is 0 Å². The van der Waals surface area contributed by atoms with Crippen molar-refractivity contribution >= 4 is 23.2 Å². The molecule has 24 heavy (non-hydrogen) atoms. The van der Waals surface area contributed by atoms with E-state index in [0.717, 1.165) is 5.69 Å². The third-order valence-corrected chi connectivity index (χ3v) is 3.42. The molecular formula is C17H21N3O4. The summed E-state index contributed by atoms with van der Waals surface area (Å²) in [4.78, 5) is 25.5. The average molecular weight is 331 g/mol. The third-order valence-electron chi connectivity index (χ3n) is 3.42. The molecule has 1 aromatic heterocycles. The van der Waals surface area contributed by atoms with E-state index in [9.17, 15) is 14.7 Å². The van der Waals surface area contributed by atoms with E-state index in [1.807, 2.05) is 31.1 Å². The number of nitrogens with one attached hydrogen (secondary N) is 2. The molecule has 3 N–H and O–H groups in total. The zero-order valence-corrected chi connectivity index (χ0v) is 13.7. The number of anilines is 2. The van der Waals surface area contributed by atoms with E-state index in [1.165, 1.54) is 6.26 Å². The highest BCUT2D eigenvalue weighted by Crippen LogP contribution is 2.16. The molecule has 1 aromatic carbocycles. The molecule has 0 radical (unpaired) electrons. The summed E-state index contributed by atoms with van der Waals surface area (Å²) in [7, 11) is 3.83. The van der Waals surface area contributed by atoms with E-state index in [0.29, 0.717) is 11.4 Å². The van der Waals surface area contributed by atoms with Gasteiger partial charge in [0, 0.05) is 32.0 Å². The molecule has 1 unspecified atom stereocenters. The second-order valence-electron chi connectivity index (χ2n) is 5.47. The highest BCUT2D eigenvalue weighted by atomic mass is 16.4. The molecule has 2 aromatic rings. The zero-order chi connectivity index (χ0) is 17.5. The number of carbonyl (C=O) groups excluding carboxylic acids is 2. The van der Waals surface area contributed by atoms with Gasteiger partial charge in [-0.2, -0.15) is 0 Å². The maximum Gasteiger partial charge on any atom is 0.313 e. The number of carbonyl (C=O) groups is 2. The molecule has 0 spiro atoms. The van der Waals surface area contributed by atoms with Gasteiger partial charge in [-0.3, -0.25) is 9.59 Å². The van der Waals surface area contributed by atoms with Crippen molar-refractivity contribution in [1.29, 1.82) is 0 Å². The Morgan fingerprint density at radius 1 is 1.17 bits per heavy atom. The van der Waals surface area contributed by atoms with Gasteiger partial charge in [0.15, 0.2) is 0 Å². The van der Waals surface area contributed by atoms with E-state index < -0.39 is 17.9 Å². The summed E-state index contributed by atoms with van der Waals surface area (Å²) in [5.74, 6) is -1.08. The Labute approximate surface area is 140 Å². The number of aliphatic hydroxyl groups excluding tert-OH is 1. The van der Waals surface area contributed by atoms with Crippen molar-refractivity contribution < 1.29 is 19.1 Å². The van der Waals surface area contributed by atoms with Gasteiger partial charge >= 0.3 is 11.8 Å². The third kappa shape index (κ3) is 4.85. The van der Waals surface area contributed by atoms with E-state index in [-0.39, 0.29) is 13.0 Å². The van der Waals surface area contributed by atoms with Gasteiger partial charge in [-0.25, -0.2) is 0 Å². The first-order valence-corrected chi connectivity index (χ1v) is 7.55. The molecule has 7 nitrogen and oxygen atoms in total. The number of furan rings is 1. The van der Waals surface area contributed by atoms with E-state index >= 15 is 0 Å². The van der Waals surface area contributed by atoms with Crippen molar-refractivity contribution in [2.75, 3.05) is 30.9 Å². The lowest BCUT2D eigenvalue weighted by molar-refractivity contribution is -0.136. The SMILES string of the molecule is CN(C)c1ccc(NC(=O)C(=O)NCCC(O)c2ccco2)cc1. The van der Waals surface area contributed by atoms with E-state index in [1.54, 1.807) is 24.3 Å². The van der Waals surface area contributed by atoms with Crippen LogP contribution in [0.4, 0.5) is 11.4 Å². The normalized spacial score (nSPS) is 11.6. The Morgan fingerprint density at radius 2 is 1.88 bits per heavy atom. The fraction of sp³-hybridized carbons (Fsp3) is 0.294. The van der Waals surface area contributed by atoms with Crippen molar-refractivity contribution in [3.8, 4) is 0 Å². The van der Waals surface area contributed by atoms with Crippen LogP contribution in [0.15, 0.2) is 47.1 Å². The van der Waals surface area contributed by atoms with Gasteiger partial charge in [0.2, 0.25) is 0 Å². The van der Waals surface area contributed by atoms with Crippen LogP contribution < -0.4 is 15.5 Å². The Morgan fingerprint density at radius 3 is 2.46 bits per heavy atom. The average Bonchev–Trinajstić information content (AvgIpc) is 3.09. The molecule has 0 saturated heterocycles. The van der Waals surface area contributed by atoms with Crippen LogP contribution in [0.5, 0.6) is 0 Å². The van der Waals surface area contributed by atoms with E-state index in [4.69, 9.17) is 4.42 Å². The Balaban J connectivity index is 1.76. The summed E-state index contributed by atoms with van der Waals surface area (Å²) >= 11 is 0. The smallest absolute Gasteiger partial charge is 0.313 e. The summed E-state index contributed by atoms with van der Waals surface area (Å²) in [5, 5.41) is 14.8. The highest BCUT2D eigenvalue weighted by molar-refractivity contribution is 6.39. The molecule has 0 aliphatic rings. The molecule has 0 aliphatic heterocycles. The van der Waals surface area contributed by atoms with Crippen LogP contribution in [0.25, 0.3) is 0 Å². The minimum absolute atomic E-state index is 0.160. The van der Waals surface area contributed by atoms with Gasteiger partial charge in [0.1, 0.15) is 11.9 Å². The number of amides is 2. The number of aliphatic hydroxyl groups is 1. The number of nitrogens with zero attached hydrogens (tertiary/aromatic N) is 1. The van der Waals surface area contributed by atoms with Gasteiger partial charge in [0.25, 0.3) is 0 Å². The maximum atomic E-state index is 11.8. The highest BCUT2D eigenvalue weighted by Gasteiger charge is 2.15. The zero-order valence-electron chi connectivity index (χ0n) is 13.7. The molecule has 2 amide bonds. The predicted molar refractivity (Wildman–Crippen MR) is 90.7 cm³/mol. The lowest BCUT2D eigenvalue weighted by atomic mass is 10.2. The van der Waals surface area contributed by atoms with Crippen LogP contribution in [0.1, 0.15) is 18.3 Å². The first kappa shape index (κ1) is 17.6. The standard InChI is InChI=1S/C17H21N3O4/c1-20(2)13-7-5-12(6-8-13)19-17(23)16(22)18-10-9-14(21)15-4-3-11-24-15/h3-8,11,14,21H,9-10H2,1-2H3,(H,18,22)(H,19,23). The first-order chi connectivity index (χ1) is 11.5. The lowest BCUT2D eigenvalue weighted by Gasteiger charge is -2.13. The van der Waals surface area contributed by atoms with Crippen molar-refractivity contribution in [3.05, 3.63) is 48.4 Å². The van der Waals surface area contributed by atoms with Gasteiger partial charge in [-0.15, -0.1) is 0 Å². The Kier molecular flexibility index (Phi) is 5.97. The number of rotatable bonds is 6. The quantitative estimate of drug-likeness (QED) is 0.698. The molecular weight excluding hydrogens is 310 g/mol. The summed E-state index contributed by atoms with van der Waals surface area (Å²) in [6.45, 7) is 0.160. The Bertz CT molecular complexity index is 666. The molecule has 0 fully saturated rings. The second kappa shape index (κ2) is 8.16. The monoisotopic (exact) mass is 331 g/mol. The number of benzene rings is 1. The topological polar surface area (TPSA) is 94.8 Å². The van der Waals surface area contributed by atoms with Gasteiger partial charge < -0.3 is 25.1 Å².